The van der Waals surface area contributed by atoms with Crippen LogP contribution in [0.3, 0.4) is 0 Å². The molecule has 1 atom stereocenters. The fourth-order valence-electron chi connectivity index (χ4n) is 4.06. The molecule has 0 spiro atoms. The number of imidazole rings is 1. The number of pyridine rings is 1. The summed E-state index contributed by atoms with van der Waals surface area (Å²) in [5.74, 6) is -0.376. The van der Waals surface area contributed by atoms with Gasteiger partial charge in [-0.15, -0.1) is 0 Å². The average Bonchev–Trinajstić information content (AvgIpc) is 3.27. The molecule has 2 heterocycles. The fraction of sp³-hybridized carbons (Fsp3) is 0.259. The molecule has 0 aliphatic rings. The number of anilines is 1. The lowest BCUT2D eigenvalue weighted by Gasteiger charge is -2.15. The Morgan fingerprint density at radius 1 is 1.14 bits per heavy atom. The van der Waals surface area contributed by atoms with Crippen molar-refractivity contribution >= 4 is 17.1 Å². The number of aliphatic hydroxyl groups excluding tert-OH is 1. The number of hydrogen-bond acceptors (Lipinski definition) is 4. The molecule has 0 fully saturated rings. The third-order valence-electron chi connectivity index (χ3n) is 5.96. The Labute approximate surface area is 201 Å². The first-order chi connectivity index (χ1) is 16.7. The number of nitrogens with one attached hydrogen (secondary N) is 1. The highest BCUT2D eigenvalue weighted by Crippen LogP contribution is 2.30. The molecule has 0 aliphatic carbocycles. The van der Waals surface area contributed by atoms with E-state index in [9.17, 15) is 23.1 Å². The molecule has 0 bridgehead atoms. The van der Waals surface area contributed by atoms with Crippen LogP contribution in [-0.4, -0.2) is 33.0 Å². The molecule has 8 heteroatoms. The Balaban J connectivity index is 1.66. The maximum atomic E-state index is 12.7. The minimum absolute atomic E-state index is 0.240. The number of aryl methyl sites for hydroxylation is 2. The van der Waals surface area contributed by atoms with Crippen LogP contribution in [0.15, 0.2) is 67.0 Å². The van der Waals surface area contributed by atoms with Gasteiger partial charge < -0.3 is 10.4 Å². The predicted octanol–water partition coefficient (Wildman–Crippen LogP) is 6.15. The van der Waals surface area contributed by atoms with Crippen LogP contribution in [0.4, 0.5) is 18.9 Å². The Morgan fingerprint density at radius 3 is 2.54 bits per heavy atom. The lowest BCUT2D eigenvalue weighted by molar-refractivity contribution is -0.131. The molecule has 182 valence electrons. The van der Waals surface area contributed by atoms with Gasteiger partial charge >= 0.3 is 6.18 Å². The van der Waals surface area contributed by atoms with Crippen molar-refractivity contribution in [2.75, 3.05) is 11.9 Å². The van der Waals surface area contributed by atoms with Gasteiger partial charge in [-0.25, -0.2) is 4.98 Å². The van der Waals surface area contributed by atoms with Gasteiger partial charge in [0.1, 0.15) is 6.10 Å². The quantitative estimate of drug-likeness (QED) is 0.296. The zero-order valence-corrected chi connectivity index (χ0v) is 19.4. The highest BCUT2D eigenvalue weighted by molar-refractivity contribution is 6.00. The van der Waals surface area contributed by atoms with Crippen LogP contribution in [0.5, 0.6) is 0 Å². The molecule has 0 saturated heterocycles. The van der Waals surface area contributed by atoms with E-state index in [-0.39, 0.29) is 12.3 Å². The second-order valence-corrected chi connectivity index (χ2v) is 8.45. The number of carbonyl (C=O) groups excluding carboxylic acids is 1. The summed E-state index contributed by atoms with van der Waals surface area (Å²) in [6, 6.07) is 15.9. The van der Waals surface area contributed by atoms with Gasteiger partial charge in [-0.3, -0.25) is 9.20 Å². The second kappa shape index (κ2) is 9.92. The van der Waals surface area contributed by atoms with E-state index in [1.165, 1.54) is 0 Å². The highest BCUT2D eigenvalue weighted by atomic mass is 19.4. The van der Waals surface area contributed by atoms with Crippen LogP contribution in [0, 0.1) is 6.92 Å². The molecule has 5 nitrogen and oxygen atoms in total. The molecule has 2 N–H and O–H groups in total. The van der Waals surface area contributed by atoms with Crippen molar-refractivity contribution in [3.05, 3.63) is 89.2 Å². The van der Waals surface area contributed by atoms with Gasteiger partial charge in [-0.2, -0.15) is 13.2 Å². The second-order valence-electron chi connectivity index (χ2n) is 8.45. The van der Waals surface area contributed by atoms with E-state index in [0.29, 0.717) is 28.9 Å². The molecule has 1 unspecified atom stereocenters. The number of nitrogens with zero attached hydrogens (tertiary/aromatic N) is 2. The Bertz CT molecular complexity index is 1350. The third kappa shape index (κ3) is 5.38. The molecule has 0 amide bonds. The van der Waals surface area contributed by atoms with Crippen LogP contribution < -0.4 is 5.32 Å². The topological polar surface area (TPSA) is 66.6 Å². The lowest BCUT2D eigenvalue weighted by atomic mass is 9.94. The monoisotopic (exact) mass is 481 g/mol. The summed E-state index contributed by atoms with van der Waals surface area (Å²) in [6.45, 7) is 3.56. The summed E-state index contributed by atoms with van der Waals surface area (Å²) in [4.78, 5) is 17.2. The normalized spacial score (nSPS) is 12.6. The molecule has 2 aromatic carbocycles. The van der Waals surface area contributed by atoms with E-state index < -0.39 is 18.7 Å². The maximum absolute atomic E-state index is 12.7. The van der Waals surface area contributed by atoms with Crippen LogP contribution in [0.1, 0.15) is 46.5 Å². The predicted molar refractivity (Wildman–Crippen MR) is 130 cm³/mol. The molecular formula is C27H26F3N3O2. The number of Topliss-reactive ketones (excluding diaryl/α,β-unsaturated/α-hetero) is 1. The minimum atomic E-state index is -4.24. The van der Waals surface area contributed by atoms with Crippen molar-refractivity contribution in [3.63, 3.8) is 0 Å². The summed E-state index contributed by atoms with van der Waals surface area (Å²) in [5, 5.41) is 13.6. The number of benzene rings is 2. The Hall–Kier alpha value is -3.65. The zero-order chi connectivity index (χ0) is 25.2. The zero-order valence-electron chi connectivity index (χ0n) is 19.4. The summed E-state index contributed by atoms with van der Waals surface area (Å²) >= 11 is 0. The van der Waals surface area contributed by atoms with Crippen molar-refractivity contribution in [2.24, 2.45) is 0 Å². The smallest absolute Gasteiger partial charge is 0.382 e. The average molecular weight is 482 g/mol. The lowest BCUT2D eigenvalue weighted by Crippen LogP contribution is -2.15. The van der Waals surface area contributed by atoms with Crippen molar-refractivity contribution < 1.29 is 23.1 Å². The standard InChI is InChI=1S/C27H26F3N3O2/c1-3-18-14-22(31-12-11-27(28,29)30)26-32-15-23(33(26)16-18)20-9-10-21(17(2)13-20)25(35)24(34)19-7-5-4-6-8-19/h4-10,13-16,25,31,35H,3,11-12H2,1-2H3. The van der Waals surface area contributed by atoms with Gasteiger partial charge in [-0.05, 0) is 42.2 Å². The molecule has 35 heavy (non-hydrogen) atoms. The van der Waals surface area contributed by atoms with E-state index in [2.05, 4.69) is 10.3 Å². The van der Waals surface area contributed by atoms with E-state index in [1.807, 2.05) is 42.6 Å². The fourth-order valence-corrected chi connectivity index (χ4v) is 4.06. The summed E-state index contributed by atoms with van der Waals surface area (Å²) in [6.07, 6.45) is -2.17. The van der Waals surface area contributed by atoms with Crippen LogP contribution in [0.25, 0.3) is 16.9 Å². The Morgan fingerprint density at radius 2 is 1.89 bits per heavy atom. The van der Waals surface area contributed by atoms with Gasteiger partial charge in [-0.1, -0.05) is 49.4 Å². The molecular weight excluding hydrogens is 455 g/mol. The Kier molecular flexibility index (Phi) is 6.93. The minimum Gasteiger partial charge on any atom is -0.382 e. The number of alkyl halides is 3. The van der Waals surface area contributed by atoms with Gasteiger partial charge in [0.2, 0.25) is 0 Å². The third-order valence-corrected chi connectivity index (χ3v) is 5.96. The molecule has 0 aliphatic heterocycles. The number of fused-ring (bicyclic) bond motifs is 1. The summed E-state index contributed by atoms with van der Waals surface area (Å²) in [5.41, 5.74) is 5.27. The number of halogens is 3. The van der Waals surface area contributed by atoms with Gasteiger partial charge in [0.05, 0.1) is 24.0 Å². The molecule has 0 radical (unpaired) electrons. The highest BCUT2D eigenvalue weighted by Gasteiger charge is 2.26. The van der Waals surface area contributed by atoms with Crippen LogP contribution in [0.2, 0.25) is 0 Å². The van der Waals surface area contributed by atoms with E-state index in [1.54, 1.807) is 42.6 Å². The van der Waals surface area contributed by atoms with E-state index >= 15 is 0 Å². The van der Waals surface area contributed by atoms with E-state index in [4.69, 9.17) is 0 Å². The maximum Gasteiger partial charge on any atom is 0.390 e. The first-order valence-electron chi connectivity index (χ1n) is 11.4. The number of ketones is 1. The van der Waals surface area contributed by atoms with Crippen molar-refractivity contribution in [2.45, 2.75) is 39.0 Å². The number of aliphatic hydroxyl groups is 1. The van der Waals surface area contributed by atoms with Gasteiger partial charge in [0.25, 0.3) is 0 Å². The molecule has 4 aromatic rings. The van der Waals surface area contributed by atoms with Crippen molar-refractivity contribution in [3.8, 4) is 11.3 Å². The van der Waals surface area contributed by atoms with Crippen molar-refractivity contribution in [1.29, 1.82) is 0 Å². The first-order valence-corrected chi connectivity index (χ1v) is 11.4. The number of carbonyl (C=O) groups is 1. The number of hydrogen-bond donors (Lipinski definition) is 2. The van der Waals surface area contributed by atoms with E-state index in [0.717, 1.165) is 22.4 Å². The molecule has 4 rings (SSSR count). The first kappa shape index (κ1) is 24.5. The summed E-state index contributed by atoms with van der Waals surface area (Å²) in [7, 11) is 0. The summed E-state index contributed by atoms with van der Waals surface area (Å²) < 4.78 is 39.7. The SMILES string of the molecule is CCc1cc(NCCC(F)(F)F)c2ncc(-c3ccc(C(O)C(=O)c4ccccc4)c(C)c3)n2c1. The van der Waals surface area contributed by atoms with Gasteiger partial charge in [0.15, 0.2) is 11.4 Å². The number of aromatic nitrogens is 2. The molecule has 0 saturated carbocycles. The van der Waals surface area contributed by atoms with Crippen molar-refractivity contribution in [1.82, 2.24) is 9.38 Å². The van der Waals surface area contributed by atoms with Crippen LogP contribution in [-0.2, 0) is 6.42 Å². The molecule has 2 aromatic heterocycles. The van der Waals surface area contributed by atoms with Gasteiger partial charge in [0, 0.05) is 23.9 Å². The number of rotatable bonds is 8. The van der Waals surface area contributed by atoms with Crippen LogP contribution >= 0.6 is 0 Å². The largest absolute Gasteiger partial charge is 0.390 e.